The van der Waals surface area contributed by atoms with Crippen molar-refractivity contribution in [1.82, 2.24) is 0 Å². The molecule has 0 spiro atoms. The molecule has 3 aromatic rings. The summed E-state index contributed by atoms with van der Waals surface area (Å²) in [6, 6.07) is 23.5. The highest BCUT2D eigenvalue weighted by atomic mass is 16.2. The Hall–Kier alpha value is -3.60. The Balaban J connectivity index is 1.27. The first-order chi connectivity index (χ1) is 14.7. The number of amides is 2. The van der Waals surface area contributed by atoms with Crippen LogP contribution >= 0.6 is 0 Å². The summed E-state index contributed by atoms with van der Waals surface area (Å²) in [5.74, 6) is 0.0218. The van der Waals surface area contributed by atoms with Crippen molar-refractivity contribution in [3.8, 4) is 0 Å². The Kier molecular flexibility index (Phi) is 4.71. The zero-order chi connectivity index (χ0) is 20.5. The molecule has 0 unspecified atom stereocenters. The Labute approximate surface area is 175 Å². The molecule has 5 heteroatoms. The van der Waals surface area contributed by atoms with Gasteiger partial charge < -0.3 is 15.1 Å². The number of nitrogens with one attached hydrogen (secondary N) is 1. The fourth-order valence-electron chi connectivity index (χ4n) is 4.34. The lowest BCUT2D eigenvalue weighted by Crippen LogP contribution is -2.34. The highest BCUT2D eigenvalue weighted by Crippen LogP contribution is 2.30. The second kappa shape index (κ2) is 7.67. The Bertz CT molecular complexity index is 1120. The fraction of sp³-hybridized carbons (Fsp3) is 0.200. The second-order valence-electron chi connectivity index (χ2n) is 7.69. The van der Waals surface area contributed by atoms with Gasteiger partial charge in [-0.15, -0.1) is 0 Å². The van der Waals surface area contributed by atoms with Gasteiger partial charge in [-0.25, -0.2) is 0 Å². The molecule has 0 fully saturated rings. The van der Waals surface area contributed by atoms with E-state index in [1.54, 1.807) is 0 Å². The third kappa shape index (κ3) is 3.32. The number of para-hydroxylation sites is 2. The van der Waals surface area contributed by atoms with Gasteiger partial charge in [0, 0.05) is 35.7 Å². The van der Waals surface area contributed by atoms with E-state index in [2.05, 4.69) is 17.4 Å². The summed E-state index contributed by atoms with van der Waals surface area (Å²) >= 11 is 0. The number of rotatable bonds is 4. The zero-order valence-electron chi connectivity index (χ0n) is 16.7. The number of carbonyl (C=O) groups excluding carboxylic acids is 2. The van der Waals surface area contributed by atoms with Crippen LogP contribution in [0.15, 0.2) is 72.8 Å². The molecule has 0 saturated carbocycles. The highest BCUT2D eigenvalue weighted by Gasteiger charge is 2.26. The van der Waals surface area contributed by atoms with Gasteiger partial charge in [0.2, 0.25) is 5.91 Å². The average molecular weight is 397 g/mol. The first-order valence-corrected chi connectivity index (χ1v) is 10.3. The maximum atomic E-state index is 13.1. The normalized spacial score (nSPS) is 14.4. The summed E-state index contributed by atoms with van der Waals surface area (Å²) in [6.45, 7) is 1.61. The summed E-state index contributed by atoms with van der Waals surface area (Å²) in [5, 5.41) is 3.20. The van der Waals surface area contributed by atoms with E-state index in [1.165, 1.54) is 11.1 Å². The molecule has 0 saturated heterocycles. The van der Waals surface area contributed by atoms with Crippen molar-refractivity contribution in [3.63, 3.8) is 0 Å². The van der Waals surface area contributed by atoms with Crippen molar-refractivity contribution < 1.29 is 9.59 Å². The van der Waals surface area contributed by atoms with Gasteiger partial charge in [0.05, 0.1) is 6.54 Å². The molecule has 0 radical (unpaired) electrons. The summed E-state index contributed by atoms with van der Waals surface area (Å²) in [5.41, 5.74) is 5.80. The summed E-state index contributed by atoms with van der Waals surface area (Å²) in [6.07, 6.45) is 1.77. The highest BCUT2D eigenvalue weighted by molar-refractivity contribution is 6.07. The molecular weight excluding hydrogens is 374 g/mol. The van der Waals surface area contributed by atoms with Crippen LogP contribution in [0.1, 0.15) is 21.5 Å². The maximum Gasteiger partial charge on any atom is 0.258 e. The number of hydrogen-bond acceptors (Lipinski definition) is 3. The molecule has 150 valence electrons. The van der Waals surface area contributed by atoms with Crippen molar-refractivity contribution in [2.24, 2.45) is 0 Å². The largest absolute Gasteiger partial charge is 0.376 e. The Morgan fingerprint density at radius 3 is 2.13 bits per heavy atom. The van der Waals surface area contributed by atoms with Crippen molar-refractivity contribution in [1.29, 1.82) is 0 Å². The molecule has 2 heterocycles. The minimum absolute atomic E-state index is 0.0107. The van der Waals surface area contributed by atoms with E-state index < -0.39 is 0 Å². The van der Waals surface area contributed by atoms with Crippen molar-refractivity contribution in [2.45, 2.75) is 12.8 Å². The number of nitrogens with zero attached hydrogens (tertiary/aromatic N) is 2. The molecule has 1 N–H and O–H groups in total. The SMILES string of the molecule is O=C(CNc1cccc(C(=O)N2CCc3ccccc32)c1)N1CCc2ccccc21. The van der Waals surface area contributed by atoms with Crippen LogP contribution in [0, 0.1) is 0 Å². The van der Waals surface area contributed by atoms with E-state index in [-0.39, 0.29) is 18.4 Å². The van der Waals surface area contributed by atoms with Crippen LogP contribution < -0.4 is 15.1 Å². The predicted octanol–water partition coefficient (Wildman–Crippen LogP) is 3.89. The van der Waals surface area contributed by atoms with E-state index in [1.807, 2.05) is 70.5 Å². The lowest BCUT2D eigenvalue weighted by molar-refractivity contribution is -0.116. The molecule has 2 aliphatic rings. The molecule has 5 nitrogen and oxygen atoms in total. The van der Waals surface area contributed by atoms with Gasteiger partial charge in [-0.05, 0) is 54.3 Å². The van der Waals surface area contributed by atoms with Gasteiger partial charge in [0.25, 0.3) is 5.91 Å². The van der Waals surface area contributed by atoms with E-state index in [0.29, 0.717) is 18.7 Å². The summed E-state index contributed by atoms with van der Waals surface area (Å²) in [7, 11) is 0. The van der Waals surface area contributed by atoms with Crippen LogP contribution in [-0.2, 0) is 17.6 Å². The van der Waals surface area contributed by atoms with Gasteiger partial charge in [-0.1, -0.05) is 42.5 Å². The summed E-state index contributed by atoms with van der Waals surface area (Å²) < 4.78 is 0. The molecule has 0 bridgehead atoms. The average Bonchev–Trinajstić information content (AvgIpc) is 3.42. The topological polar surface area (TPSA) is 52.7 Å². The van der Waals surface area contributed by atoms with Crippen LogP contribution in [-0.4, -0.2) is 31.4 Å². The van der Waals surface area contributed by atoms with Crippen LogP contribution in [0.25, 0.3) is 0 Å². The van der Waals surface area contributed by atoms with Gasteiger partial charge >= 0.3 is 0 Å². The molecule has 0 aliphatic carbocycles. The molecule has 0 atom stereocenters. The second-order valence-corrected chi connectivity index (χ2v) is 7.69. The van der Waals surface area contributed by atoms with Gasteiger partial charge in [-0.2, -0.15) is 0 Å². The predicted molar refractivity (Wildman–Crippen MR) is 119 cm³/mol. The van der Waals surface area contributed by atoms with Crippen LogP contribution in [0.2, 0.25) is 0 Å². The molecule has 30 heavy (non-hydrogen) atoms. The zero-order valence-corrected chi connectivity index (χ0v) is 16.7. The van der Waals surface area contributed by atoms with Crippen molar-refractivity contribution in [2.75, 3.05) is 34.8 Å². The third-order valence-corrected chi connectivity index (χ3v) is 5.87. The molecular formula is C25H23N3O2. The standard InChI is InChI=1S/C25H23N3O2/c29-24(27-14-12-18-6-1-3-10-22(18)27)17-26-21-9-5-8-20(16-21)25(30)28-15-13-19-7-2-4-11-23(19)28/h1-11,16,26H,12-15,17H2. The molecule has 3 aromatic carbocycles. The number of carbonyl (C=O) groups is 2. The quantitative estimate of drug-likeness (QED) is 0.727. The number of hydrogen-bond donors (Lipinski definition) is 1. The monoisotopic (exact) mass is 397 g/mol. The number of fused-ring (bicyclic) bond motifs is 2. The fourth-order valence-corrected chi connectivity index (χ4v) is 4.34. The summed E-state index contributed by atoms with van der Waals surface area (Å²) in [4.78, 5) is 29.5. The van der Waals surface area contributed by atoms with E-state index in [0.717, 1.165) is 29.9 Å². The van der Waals surface area contributed by atoms with E-state index in [9.17, 15) is 9.59 Å². The first-order valence-electron chi connectivity index (χ1n) is 10.3. The van der Waals surface area contributed by atoms with Crippen LogP contribution in [0.4, 0.5) is 17.1 Å². The van der Waals surface area contributed by atoms with Crippen LogP contribution in [0.3, 0.4) is 0 Å². The minimum atomic E-state index is -0.0107. The number of anilines is 3. The lowest BCUT2D eigenvalue weighted by atomic mass is 10.1. The maximum absolute atomic E-state index is 13.1. The third-order valence-electron chi connectivity index (χ3n) is 5.87. The Morgan fingerprint density at radius 1 is 0.767 bits per heavy atom. The minimum Gasteiger partial charge on any atom is -0.376 e. The van der Waals surface area contributed by atoms with Gasteiger partial charge in [0.15, 0.2) is 0 Å². The van der Waals surface area contributed by atoms with Crippen molar-refractivity contribution >= 4 is 28.9 Å². The first kappa shape index (κ1) is 18.4. The van der Waals surface area contributed by atoms with Gasteiger partial charge in [-0.3, -0.25) is 9.59 Å². The molecule has 5 rings (SSSR count). The smallest absolute Gasteiger partial charge is 0.258 e. The Morgan fingerprint density at radius 2 is 1.40 bits per heavy atom. The molecule has 2 aliphatic heterocycles. The van der Waals surface area contributed by atoms with Crippen LogP contribution in [0.5, 0.6) is 0 Å². The van der Waals surface area contributed by atoms with Crippen molar-refractivity contribution in [3.05, 3.63) is 89.5 Å². The van der Waals surface area contributed by atoms with Gasteiger partial charge in [0.1, 0.15) is 0 Å². The van der Waals surface area contributed by atoms with E-state index >= 15 is 0 Å². The molecule has 0 aromatic heterocycles. The molecule has 2 amide bonds. The van der Waals surface area contributed by atoms with E-state index in [4.69, 9.17) is 0 Å². The lowest BCUT2D eigenvalue weighted by Gasteiger charge is -2.19. The number of benzene rings is 3.